The Morgan fingerprint density at radius 3 is 2.46 bits per heavy atom. The van der Waals surface area contributed by atoms with Crippen molar-refractivity contribution in [3.05, 3.63) is 41.2 Å². The van der Waals surface area contributed by atoms with Crippen LogP contribution in [0.3, 0.4) is 0 Å². The first-order valence-electron chi connectivity index (χ1n) is 7.94. The second kappa shape index (κ2) is 5.65. The van der Waals surface area contributed by atoms with Crippen molar-refractivity contribution in [3.8, 4) is 5.69 Å². The number of carboxylic acid groups (broad SMARTS) is 1. The predicted molar refractivity (Wildman–Crippen MR) is 88.7 cm³/mol. The van der Waals surface area contributed by atoms with E-state index in [4.69, 9.17) is 5.73 Å². The second-order valence-electron chi connectivity index (χ2n) is 7.44. The van der Waals surface area contributed by atoms with Gasteiger partial charge in [-0.25, -0.2) is 9.48 Å². The predicted octanol–water partition coefficient (Wildman–Crippen LogP) is 4.05. The summed E-state index contributed by atoms with van der Waals surface area (Å²) in [5.74, 6) is 0. The number of carbonyl (C=O) groups is 1. The molecule has 9 heteroatoms. The zero-order valence-electron chi connectivity index (χ0n) is 14.5. The molecule has 3 N–H and O–H groups in total. The van der Waals surface area contributed by atoms with E-state index >= 15 is 0 Å². The molecule has 1 amide bonds. The number of rotatable bonds is 1. The van der Waals surface area contributed by atoms with Crippen LogP contribution in [0.4, 0.5) is 23.7 Å². The van der Waals surface area contributed by atoms with Crippen molar-refractivity contribution >= 4 is 11.8 Å². The highest BCUT2D eigenvalue weighted by molar-refractivity contribution is 5.68. The van der Waals surface area contributed by atoms with Crippen molar-refractivity contribution in [2.24, 2.45) is 5.41 Å². The first-order chi connectivity index (χ1) is 11.9. The second-order valence-corrected chi connectivity index (χ2v) is 7.44. The van der Waals surface area contributed by atoms with E-state index in [2.05, 4.69) is 5.10 Å². The van der Waals surface area contributed by atoms with Gasteiger partial charge in [0.1, 0.15) is 0 Å². The summed E-state index contributed by atoms with van der Waals surface area (Å²) in [7, 11) is 0. The zero-order valence-corrected chi connectivity index (χ0v) is 14.5. The van der Waals surface area contributed by atoms with Gasteiger partial charge in [-0.05, 0) is 28.7 Å². The van der Waals surface area contributed by atoms with E-state index in [-0.39, 0.29) is 12.0 Å². The molecule has 2 heterocycles. The maximum Gasteiger partial charge on any atom is 0.437 e. The first kappa shape index (κ1) is 18.1. The first-order valence-corrected chi connectivity index (χ1v) is 7.94. The topological polar surface area (TPSA) is 84.4 Å². The number of aromatic nitrogens is 2. The number of fused-ring (bicyclic) bond motifs is 1. The Morgan fingerprint density at radius 2 is 1.96 bits per heavy atom. The van der Waals surface area contributed by atoms with Crippen molar-refractivity contribution in [1.29, 1.82) is 0 Å². The van der Waals surface area contributed by atoms with Crippen LogP contribution in [0.25, 0.3) is 5.69 Å². The molecule has 1 atom stereocenters. The Labute approximate surface area is 148 Å². The smallest absolute Gasteiger partial charge is 0.437 e. The van der Waals surface area contributed by atoms with Crippen LogP contribution in [0.1, 0.15) is 43.6 Å². The van der Waals surface area contributed by atoms with Crippen LogP contribution in [0, 0.1) is 5.41 Å². The number of halogens is 3. The van der Waals surface area contributed by atoms with Crippen LogP contribution in [-0.2, 0) is 12.7 Å². The quantitative estimate of drug-likeness (QED) is 0.795. The van der Waals surface area contributed by atoms with Crippen LogP contribution in [0.5, 0.6) is 0 Å². The molecule has 0 fully saturated rings. The Kier molecular flexibility index (Phi) is 3.93. The van der Waals surface area contributed by atoms with Gasteiger partial charge < -0.3 is 10.8 Å². The van der Waals surface area contributed by atoms with Crippen molar-refractivity contribution in [1.82, 2.24) is 14.7 Å². The maximum absolute atomic E-state index is 12.9. The summed E-state index contributed by atoms with van der Waals surface area (Å²) in [4.78, 5) is 12.9. The van der Waals surface area contributed by atoms with E-state index in [1.807, 2.05) is 20.8 Å². The van der Waals surface area contributed by atoms with Gasteiger partial charge in [-0.15, -0.1) is 0 Å². The third-order valence-electron chi connectivity index (χ3n) is 4.42. The fourth-order valence-corrected chi connectivity index (χ4v) is 3.42. The van der Waals surface area contributed by atoms with E-state index < -0.39 is 29.7 Å². The van der Waals surface area contributed by atoms with Crippen LogP contribution < -0.4 is 5.73 Å². The van der Waals surface area contributed by atoms with Crippen LogP contribution in [-0.4, -0.2) is 25.9 Å². The van der Waals surface area contributed by atoms with Crippen molar-refractivity contribution in [3.63, 3.8) is 0 Å². The molecule has 1 aromatic heterocycles. The molecule has 26 heavy (non-hydrogen) atoms. The SMILES string of the molecule is CC(C)(C)C1c2cc(-n3cc(N)c(C(F)(F)F)n3)ccc2CN1C(=O)O. The summed E-state index contributed by atoms with van der Waals surface area (Å²) in [6.07, 6.45) is -4.56. The standard InChI is InChI=1S/C17H19F3N4O2/c1-16(2,3)14-11-6-10(5-4-9(11)7-23(14)15(25)26)24-8-12(21)13(22-24)17(18,19)20/h4-6,8,14H,7,21H2,1-3H3,(H,25,26). The molecule has 1 aliphatic heterocycles. The number of alkyl halides is 3. The van der Waals surface area contributed by atoms with E-state index in [1.54, 1.807) is 18.2 Å². The van der Waals surface area contributed by atoms with Gasteiger partial charge in [0, 0.05) is 0 Å². The van der Waals surface area contributed by atoms with Crippen molar-refractivity contribution in [2.45, 2.75) is 39.5 Å². The van der Waals surface area contributed by atoms with Crippen molar-refractivity contribution < 1.29 is 23.1 Å². The Morgan fingerprint density at radius 1 is 1.31 bits per heavy atom. The molecule has 1 unspecified atom stereocenters. The van der Waals surface area contributed by atoms with E-state index in [1.165, 1.54) is 4.90 Å². The molecule has 3 rings (SSSR count). The molecule has 140 valence electrons. The lowest BCUT2D eigenvalue weighted by molar-refractivity contribution is -0.140. The van der Waals surface area contributed by atoms with Crippen LogP contribution >= 0.6 is 0 Å². The fourth-order valence-electron chi connectivity index (χ4n) is 3.42. The molecule has 0 spiro atoms. The Bertz CT molecular complexity index is 868. The third kappa shape index (κ3) is 2.97. The third-order valence-corrected chi connectivity index (χ3v) is 4.42. The average Bonchev–Trinajstić information content (AvgIpc) is 3.05. The highest BCUT2D eigenvalue weighted by Crippen LogP contribution is 2.45. The normalized spacial score (nSPS) is 17.5. The van der Waals surface area contributed by atoms with E-state index in [9.17, 15) is 23.1 Å². The summed E-state index contributed by atoms with van der Waals surface area (Å²) in [6.45, 7) is 6.00. The minimum atomic E-state index is -4.64. The molecule has 0 saturated carbocycles. The van der Waals surface area contributed by atoms with Gasteiger partial charge in [0.15, 0.2) is 5.69 Å². The highest BCUT2D eigenvalue weighted by atomic mass is 19.4. The van der Waals surface area contributed by atoms with Crippen LogP contribution in [0.2, 0.25) is 0 Å². The number of nitrogen functional groups attached to an aromatic ring is 1. The lowest BCUT2D eigenvalue weighted by atomic mass is 9.82. The zero-order chi connectivity index (χ0) is 19.4. The number of benzene rings is 1. The molecule has 0 bridgehead atoms. The molecule has 0 saturated heterocycles. The van der Waals surface area contributed by atoms with Gasteiger partial charge in [-0.2, -0.15) is 18.3 Å². The molecule has 1 aromatic carbocycles. The highest BCUT2D eigenvalue weighted by Gasteiger charge is 2.41. The van der Waals surface area contributed by atoms with Crippen LogP contribution in [0.15, 0.2) is 24.4 Å². The number of hydrogen-bond donors (Lipinski definition) is 2. The van der Waals surface area contributed by atoms with Gasteiger partial charge in [0.05, 0.1) is 30.2 Å². The van der Waals surface area contributed by atoms with Gasteiger partial charge in [-0.3, -0.25) is 4.90 Å². The molecule has 2 aromatic rings. The number of amides is 1. The summed E-state index contributed by atoms with van der Waals surface area (Å²) < 4.78 is 39.9. The number of hydrogen-bond acceptors (Lipinski definition) is 3. The summed E-state index contributed by atoms with van der Waals surface area (Å²) in [5.41, 5.74) is 5.44. The van der Waals surface area contributed by atoms with Crippen molar-refractivity contribution in [2.75, 3.05) is 5.73 Å². The minimum Gasteiger partial charge on any atom is -0.465 e. The number of nitrogens with two attached hydrogens (primary N) is 1. The molecule has 0 radical (unpaired) electrons. The lowest BCUT2D eigenvalue weighted by Crippen LogP contribution is -2.35. The monoisotopic (exact) mass is 368 g/mol. The summed E-state index contributed by atoms with van der Waals surface area (Å²) >= 11 is 0. The minimum absolute atomic E-state index is 0.238. The van der Waals surface area contributed by atoms with E-state index in [0.717, 1.165) is 22.0 Å². The average molecular weight is 368 g/mol. The van der Waals surface area contributed by atoms with Gasteiger partial charge in [0.25, 0.3) is 0 Å². The Balaban J connectivity index is 2.08. The largest absolute Gasteiger partial charge is 0.465 e. The number of nitrogens with zero attached hydrogens (tertiary/aromatic N) is 3. The molecule has 0 aliphatic carbocycles. The lowest BCUT2D eigenvalue weighted by Gasteiger charge is -2.34. The maximum atomic E-state index is 12.9. The molecular weight excluding hydrogens is 349 g/mol. The fraction of sp³-hybridized carbons (Fsp3) is 0.412. The molecule has 6 nitrogen and oxygen atoms in total. The van der Waals surface area contributed by atoms with Gasteiger partial charge in [-0.1, -0.05) is 26.8 Å². The summed E-state index contributed by atoms with van der Waals surface area (Å²) in [5, 5.41) is 13.1. The van der Waals surface area contributed by atoms with E-state index in [0.29, 0.717) is 5.69 Å². The van der Waals surface area contributed by atoms with Gasteiger partial charge in [0.2, 0.25) is 0 Å². The summed E-state index contributed by atoms with van der Waals surface area (Å²) in [6, 6.07) is 4.60. The molecule has 1 aliphatic rings. The molecular formula is C17H19F3N4O2. The van der Waals surface area contributed by atoms with Gasteiger partial charge >= 0.3 is 12.3 Å². The number of anilines is 1. The Hall–Kier alpha value is -2.71.